The number of hydrogen-bond acceptors (Lipinski definition) is 0. The van der Waals surface area contributed by atoms with Crippen LogP contribution >= 0.6 is 0 Å². The van der Waals surface area contributed by atoms with Gasteiger partial charge < -0.3 is 0 Å². The van der Waals surface area contributed by atoms with Gasteiger partial charge in [0.1, 0.15) is 6.17 Å². The zero-order valence-electron chi connectivity index (χ0n) is 12.2. The van der Waals surface area contributed by atoms with Gasteiger partial charge in [0.25, 0.3) is 0 Å². The van der Waals surface area contributed by atoms with Crippen LogP contribution in [0.5, 0.6) is 0 Å². The van der Waals surface area contributed by atoms with Crippen LogP contribution in [-0.4, -0.2) is 6.17 Å². The van der Waals surface area contributed by atoms with Crippen LogP contribution in [0.2, 0.25) is 0 Å². The van der Waals surface area contributed by atoms with Crippen LogP contribution in [0.25, 0.3) is 10.8 Å². The molecular weight excluding hydrogens is 247 g/mol. The van der Waals surface area contributed by atoms with E-state index >= 15 is 0 Å². The molecule has 3 unspecified atom stereocenters. The summed E-state index contributed by atoms with van der Waals surface area (Å²) < 4.78 is 14.6. The summed E-state index contributed by atoms with van der Waals surface area (Å²) >= 11 is 0. The third kappa shape index (κ3) is 2.46. The Kier molecular flexibility index (Phi) is 4.05. The molecule has 106 valence electrons. The van der Waals surface area contributed by atoms with Gasteiger partial charge >= 0.3 is 0 Å². The maximum Gasteiger partial charge on any atom is 0.107 e. The smallest absolute Gasteiger partial charge is 0.107 e. The minimum Gasteiger partial charge on any atom is -0.247 e. The molecule has 1 aliphatic rings. The summed E-state index contributed by atoms with van der Waals surface area (Å²) in [5, 5.41) is 2.48. The number of hydrogen-bond donors (Lipinski definition) is 0. The molecule has 0 aromatic heterocycles. The van der Waals surface area contributed by atoms with Gasteiger partial charge in [0.2, 0.25) is 0 Å². The van der Waals surface area contributed by atoms with Crippen molar-refractivity contribution in [3.8, 4) is 0 Å². The average molecular weight is 270 g/mol. The Balaban J connectivity index is 2.06. The third-order valence-corrected chi connectivity index (χ3v) is 4.79. The van der Waals surface area contributed by atoms with Crippen molar-refractivity contribution >= 4 is 10.8 Å². The van der Waals surface area contributed by atoms with Crippen LogP contribution in [0.4, 0.5) is 4.39 Å². The normalized spacial score (nSPS) is 26.8. The lowest BCUT2D eigenvalue weighted by atomic mass is 9.71. The molecule has 0 amide bonds. The summed E-state index contributed by atoms with van der Waals surface area (Å²) in [6, 6.07) is 14.8. The van der Waals surface area contributed by atoms with Gasteiger partial charge in [-0.25, -0.2) is 4.39 Å². The molecule has 1 saturated carbocycles. The molecule has 20 heavy (non-hydrogen) atoms. The molecule has 0 saturated heterocycles. The maximum atomic E-state index is 14.6. The minimum absolute atomic E-state index is 0.0924. The third-order valence-electron chi connectivity index (χ3n) is 4.79. The van der Waals surface area contributed by atoms with E-state index in [2.05, 4.69) is 49.4 Å². The standard InChI is InChI=1S/C19H23F/c1-2-7-15-10-6-13-18(20)19(15)17-12-5-9-14-8-3-4-11-16(14)17/h3-5,8-9,11-12,15,18-19H,2,6-7,10,13H2,1H3. The maximum absolute atomic E-state index is 14.6. The molecule has 1 heteroatoms. The second kappa shape index (κ2) is 5.95. The molecule has 1 fully saturated rings. The molecule has 2 aromatic carbocycles. The van der Waals surface area contributed by atoms with Crippen LogP contribution in [-0.2, 0) is 0 Å². The lowest BCUT2D eigenvalue weighted by molar-refractivity contribution is 0.154. The van der Waals surface area contributed by atoms with E-state index in [0.717, 1.165) is 25.7 Å². The van der Waals surface area contributed by atoms with Crippen LogP contribution in [0.1, 0.15) is 50.5 Å². The zero-order chi connectivity index (χ0) is 13.9. The Labute approximate surface area is 121 Å². The Morgan fingerprint density at radius 1 is 1.05 bits per heavy atom. The van der Waals surface area contributed by atoms with Crippen LogP contribution in [0, 0.1) is 5.92 Å². The van der Waals surface area contributed by atoms with E-state index in [4.69, 9.17) is 0 Å². The highest BCUT2D eigenvalue weighted by atomic mass is 19.1. The van der Waals surface area contributed by atoms with Gasteiger partial charge in [-0.15, -0.1) is 0 Å². The second-order valence-corrected chi connectivity index (χ2v) is 6.09. The first kappa shape index (κ1) is 13.6. The number of alkyl halides is 1. The fourth-order valence-corrected chi connectivity index (χ4v) is 3.91. The fraction of sp³-hybridized carbons (Fsp3) is 0.474. The average Bonchev–Trinajstić information content (AvgIpc) is 2.48. The zero-order valence-corrected chi connectivity index (χ0v) is 12.2. The summed E-state index contributed by atoms with van der Waals surface area (Å²) in [6.07, 6.45) is 4.59. The largest absolute Gasteiger partial charge is 0.247 e. The van der Waals surface area contributed by atoms with E-state index in [-0.39, 0.29) is 5.92 Å². The van der Waals surface area contributed by atoms with Gasteiger partial charge in [-0.2, -0.15) is 0 Å². The van der Waals surface area contributed by atoms with Gasteiger partial charge in [0.15, 0.2) is 0 Å². The van der Waals surface area contributed by atoms with Gasteiger partial charge in [-0.3, -0.25) is 0 Å². The highest BCUT2D eigenvalue weighted by Crippen LogP contribution is 2.43. The van der Waals surface area contributed by atoms with E-state index in [1.165, 1.54) is 22.8 Å². The Hall–Kier alpha value is -1.37. The summed E-state index contributed by atoms with van der Waals surface area (Å²) in [5.41, 5.74) is 1.23. The van der Waals surface area contributed by atoms with Gasteiger partial charge in [0.05, 0.1) is 0 Å². The Morgan fingerprint density at radius 3 is 2.70 bits per heavy atom. The molecule has 0 aliphatic heterocycles. The molecule has 0 radical (unpaired) electrons. The minimum atomic E-state index is -0.675. The highest BCUT2D eigenvalue weighted by molar-refractivity contribution is 5.86. The second-order valence-electron chi connectivity index (χ2n) is 6.09. The number of benzene rings is 2. The van der Waals surface area contributed by atoms with Crippen molar-refractivity contribution in [3.05, 3.63) is 48.0 Å². The van der Waals surface area contributed by atoms with Crippen molar-refractivity contribution in [1.82, 2.24) is 0 Å². The van der Waals surface area contributed by atoms with Crippen molar-refractivity contribution < 1.29 is 4.39 Å². The van der Waals surface area contributed by atoms with Gasteiger partial charge in [0, 0.05) is 5.92 Å². The highest BCUT2D eigenvalue weighted by Gasteiger charge is 2.34. The van der Waals surface area contributed by atoms with Crippen molar-refractivity contribution in [3.63, 3.8) is 0 Å². The monoisotopic (exact) mass is 270 g/mol. The summed E-state index contributed by atoms with van der Waals surface area (Å²) in [4.78, 5) is 0. The fourth-order valence-electron chi connectivity index (χ4n) is 3.91. The molecular formula is C19H23F. The molecule has 0 nitrogen and oxygen atoms in total. The molecule has 1 aliphatic carbocycles. The molecule has 0 bridgehead atoms. The van der Waals surface area contributed by atoms with Gasteiger partial charge in [-0.1, -0.05) is 68.7 Å². The van der Waals surface area contributed by atoms with E-state index in [0.29, 0.717) is 5.92 Å². The molecule has 3 rings (SSSR count). The van der Waals surface area contributed by atoms with E-state index in [9.17, 15) is 4.39 Å². The Morgan fingerprint density at radius 2 is 1.85 bits per heavy atom. The van der Waals surface area contributed by atoms with Crippen molar-refractivity contribution in [2.75, 3.05) is 0 Å². The predicted molar refractivity (Wildman–Crippen MR) is 83.8 cm³/mol. The summed E-state index contributed by atoms with van der Waals surface area (Å²) in [5.74, 6) is 0.601. The van der Waals surface area contributed by atoms with E-state index < -0.39 is 6.17 Å². The first-order valence-corrected chi connectivity index (χ1v) is 7.93. The quantitative estimate of drug-likeness (QED) is 0.655. The number of fused-ring (bicyclic) bond motifs is 1. The summed E-state index contributed by atoms with van der Waals surface area (Å²) in [7, 11) is 0. The lowest BCUT2D eigenvalue weighted by Gasteiger charge is -2.35. The van der Waals surface area contributed by atoms with E-state index in [1.807, 2.05) is 0 Å². The van der Waals surface area contributed by atoms with Crippen LogP contribution < -0.4 is 0 Å². The molecule has 0 heterocycles. The number of halogens is 1. The van der Waals surface area contributed by atoms with Crippen molar-refractivity contribution in [2.24, 2.45) is 5.92 Å². The van der Waals surface area contributed by atoms with Crippen LogP contribution in [0.3, 0.4) is 0 Å². The SMILES string of the molecule is CCCC1CCCC(F)C1c1cccc2ccccc12. The topological polar surface area (TPSA) is 0 Å². The predicted octanol–water partition coefficient (Wildman–Crippen LogP) is 5.86. The first-order chi connectivity index (χ1) is 9.81. The Bertz CT molecular complexity index is 567. The summed E-state index contributed by atoms with van der Waals surface area (Å²) in [6.45, 7) is 2.21. The van der Waals surface area contributed by atoms with Crippen molar-refractivity contribution in [2.45, 2.75) is 51.1 Å². The van der Waals surface area contributed by atoms with Gasteiger partial charge in [-0.05, 0) is 35.1 Å². The van der Waals surface area contributed by atoms with E-state index in [1.54, 1.807) is 0 Å². The van der Waals surface area contributed by atoms with Crippen molar-refractivity contribution in [1.29, 1.82) is 0 Å². The lowest BCUT2D eigenvalue weighted by Crippen LogP contribution is -2.27. The molecule has 0 spiro atoms. The van der Waals surface area contributed by atoms with Crippen LogP contribution in [0.15, 0.2) is 42.5 Å². The number of rotatable bonds is 3. The first-order valence-electron chi connectivity index (χ1n) is 7.93. The molecule has 2 aromatic rings. The molecule has 3 atom stereocenters. The molecule has 0 N–H and O–H groups in total.